The van der Waals surface area contributed by atoms with Crippen molar-refractivity contribution in [3.8, 4) is 0 Å². The molecule has 1 fully saturated rings. The van der Waals surface area contributed by atoms with Gasteiger partial charge in [-0.25, -0.2) is 0 Å². The van der Waals surface area contributed by atoms with E-state index in [9.17, 15) is 4.79 Å². The molecule has 0 spiro atoms. The Bertz CT molecular complexity index is 432. The number of nitrogens with two attached hydrogens (primary N) is 2. The normalized spacial score (nSPS) is 24.0. The Hall–Kier alpha value is -1.55. The monoisotopic (exact) mass is 233 g/mol. The van der Waals surface area contributed by atoms with Crippen molar-refractivity contribution in [3.05, 3.63) is 29.8 Å². The van der Waals surface area contributed by atoms with Gasteiger partial charge in [0.1, 0.15) is 0 Å². The topological polar surface area (TPSA) is 72.4 Å². The highest BCUT2D eigenvalue weighted by Crippen LogP contribution is 2.33. The predicted octanol–water partition coefficient (Wildman–Crippen LogP) is 0.847. The van der Waals surface area contributed by atoms with Gasteiger partial charge in [0, 0.05) is 25.3 Å². The molecule has 1 atom stereocenters. The molecule has 1 unspecified atom stereocenters. The molecule has 1 aliphatic rings. The number of amides is 1. The van der Waals surface area contributed by atoms with Gasteiger partial charge in [-0.05, 0) is 31.0 Å². The molecular formula is C13H19N3O. The number of carbonyl (C=O) groups is 1. The standard InChI is InChI=1S/C13H19N3O/c1-13(12(15)17)5-6-16(9-13)11-4-2-3-10(7-11)8-14/h2-4,7H,5-6,8-9,14H2,1H3,(H2,15,17). The van der Waals surface area contributed by atoms with E-state index in [1.165, 1.54) is 0 Å². The van der Waals surface area contributed by atoms with Crippen molar-refractivity contribution in [2.45, 2.75) is 19.9 Å². The molecule has 4 N–H and O–H groups in total. The molecule has 1 aromatic carbocycles. The zero-order valence-electron chi connectivity index (χ0n) is 10.1. The average Bonchev–Trinajstić information content (AvgIpc) is 2.74. The quantitative estimate of drug-likeness (QED) is 0.813. The number of hydrogen-bond acceptors (Lipinski definition) is 3. The molecule has 4 heteroatoms. The Balaban J connectivity index is 2.17. The van der Waals surface area contributed by atoms with Crippen molar-refractivity contribution < 1.29 is 4.79 Å². The van der Waals surface area contributed by atoms with Crippen molar-refractivity contribution in [2.24, 2.45) is 16.9 Å². The zero-order valence-corrected chi connectivity index (χ0v) is 10.1. The molecule has 1 aliphatic heterocycles. The fourth-order valence-corrected chi connectivity index (χ4v) is 2.26. The number of benzene rings is 1. The Labute approximate surface area is 102 Å². The Kier molecular flexibility index (Phi) is 3.07. The number of carbonyl (C=O) groups excluding carboxylic acids is 1. The molecule has 0 saturated carbocycles. The Morgan fingerprint density at radius 3 is 2.88 bits per heavy atom. The summed E-state index contributed by atoms with van der Waals surface area (Å²) in [6.45, 7) is 4.03. The van der Waals surface area contributed by atoms with Crippen LogP contribution in [0.5, 0.6) is 0 Å². The smallest absolute Gasteiger partial charge is 0.225 e. The molecule has 0 aliphatic carbocycles. The molecule has 0 bridgehead atoms. The third-order valence-electron chi connectivity index (χ3n) is 3.58. The van der Waals surface area contributed by atoms with Crippen LogP contribution in [-0.4, -0.2) is 19.0 Å². The minimum atomic E-state index is -0.404. The highest BCUT2D eigenvalue weighted by molar-refractivity contribution is 5.82. The molecule has 2 rings (SSSR count). The fourth-order valence-electron chi connectivity index (χ4n) is 2.26. The minimum absolute atomic E-state index is 0.213. The lowest BCUT2D eigenvalue weighted by atomic mass is 9.89. The maximum Gasteiger partial charge on any atom is 0.225 e. The van der Waals surface area contributed by atoms with Gasteiger partial charge in [0.05, 0.1) is 5.41 Å². The third kappa shape index (κ3) is 2.26. The number of nitrogens with zero attached hydrogens (tertiary/aromatic N) is 1. The molecule has 17 heavy (non-hydrogen) atoms. The van der Waals surface area contributed by atoms with E-state index in [0.29, 0.717) is 13.1 Å². The summed E-state index contributed by atoms with van der Waals surface area (Å²) in [5.41, 5.74) is 12.9. The van der Waals surface area contributed by atoms with Crippen LogP contribution in [0.25, 0.3) is 0 Å². The molecule has 1 heterocycles. The zero-order chi connectivity index (χ0) is 12.5. The van der Waals surface area contributed by atoms with E-state index < -0.39 is 5.41 Å². The molecular weight excluding hydrogens is 214 g/mol. The first-order valence-electron chi connectivity index (χ1n) is 5.89. The van der Waals surface area contributed by atoms with Gasteiger partial charge < -0.3 is 16.4 Å². The maximum absolute atomic E-state index is 11.4. The lowest BCUT2D eigenvalue weighted by molar-refractivity contribution is -0.125. The summed E-state index contributed by atoms with van der Waals surface area (Å²) in [6, 6.07) is 8.13. The van der Waals surface area contributed by atoms with Crippen LogP contribution < -0.4 is 16.4 Å². The molecule has 0 aromatic heterocycles. The summed E-state index contributed by atoms with van der Waals surface area (Å²) in [6.07, 6.45) is 0.815. The van der Waals surface area contributed by atoms with E-state index in [1.54, 1.807) is 0 Å². The molecule has 1 amide bonds. The van der Waals surface area contributed by atoms with Crippen LogP contribution in [0.1, 0.15) is 18.9 Å². The SMILES string of the molecule is CC1(C(N)=O)CCN(c2cccc(CN)c2)C1. The maximum atomic E-state index is 11.4. The fraction of sp³-hybridized carbons (Fsp3) is 0.462. The predicted molar refractivity (Wildman–Crippen MR) is 68.5 cm³/mol. The Morgan fingerprint density at radius 2 is 2.29 bits per heavy atom. The van der Waals surface area contributed by atoms with Crippen molar-refractivity contribution in [1.29, 1.82) is 0 Å². The van der Waals surface area contributed by atoms with Crippen LogP contribution in [0.4, 0.5) is 5.69 Å². The third-order valence-corrected chi connectivity index (χ3v) is 3.58. The summed E-state index contributed by atoms with van der Waals surface area (Å²) in [4.78, 5) is 13.6. The van der Waals surface area contributed by atoms with Crippen molar-refractivity contribution in [2.75, 3.05) is 18.0 Å². The molecule has 1 saturated heterocycles. The van der Waals surface area contributed by atoms with E-state index in [-0.39, 0.29) is 5.91 Å². The largest absolute Gasteiger partial charge is 0.370 e. The lowest BCUT2D eigenvalue weighted by Gasteiger charge is -2.22. The van der Waals surface area contributed by atoms with E-state index in [4.69, 9.17) is 11.5 Å². The lowest BCUT2D eigenvalue weighted by Crippen LogP contribution is -2.37. The van der Waals surface area contributed by atoms with Crippen LogP contribution in [0.2, 0.25) is 0 Å². The molecule has 1 aromatic rings. The van der Waals surface area contributed by atoms with Gasteiger partial charge in [-0.15, -0.1) is 0 Å². The van der Waals surface area contributed by atoms with E-state index in [0.717, 1.165) is 24.2 Å². The first kappa shape index (κ1) is 11.9. The number of hydrogen-bond donors (Lipinski definition) is 2. The number of primary amides is 1. The van der Waals surface area contributed by atoms with Gasteiger partial charge in [-0.1, -0.05) is 12.1 Å². The second-order valence-electron chi connectivity index (χ2n) is 4.97. The summed E-state index contributed by atoms with van der Waals surface area (Å²) in [5.74, 6) is -0.213. The van der Waals surface area contributed by atoms with Crippen LogP contribution in [0.3, 0.4) is 0 Å². The summed E-state index contributed by atoms with van der Waals surface area (Å²) in [5, 5.41) is 0. The minimum Gasteiger partial charge on any atom is -0.370 e. The van der Waals surface area contributed by atoms with Crippen LogP contribution in [0, 0.1) is 5.41 Å². The second kappa shape index (κ2) is 4.37. The van der Waals surface area contributed by atoms with Crippen LogP contribution in [0.15, 0.2) is 24.3 Å². The summed E-state index contributed by atoms with van der Waals surface area (Å²) >= 11 is 0. The second-order valence-corrected chi connectivity index (χ2v) is 4.97. The first-order chi connectivity index (χ1) is 8.05. The highest BCUT2D eigenvalue weighted by Gasteiger charge is 2.38. The van der Waals surface area contributed by atoms with E-state index in [1.807, 2.05) is 25.1 Å². The van der Waals surface area contributed by atoms with E-state index in [2.05, 4.69) is 11.0 Å². The Morgan fingerprint density at radius 1 is 1.53 bits per heavy atom. The van der Waals surface area contributed by atoms with Gasteiger partial charge >= 0.3 is 0 Å². The van der Waals surface area contributed by atoms with Gasteiger partial charge in [0.2, 0.25) is 5.91 Å². The van der Waals surface area contributed by atoms with Crippen LogP contribution >= 0.6 is 0 Å². The van der Waals surface area contributed by atoms with Crippen LogP contribution in [-0.2, 0) is 11.3 Å². The van der Waals surface area contributed by atoms with Crippen molar-refractivity contribution in [3.63, 3.8) is 0 Å². The number of anilines is 1. The highest BCUT2D eigenvalue weighted by atomic mass is 16.1. The van der Waals surface area contributed by atoms with Crippen molar-refractivity contribution >= 4 is 11.6 Å². The first-order valence-corrected chi connectivity index (χ1v) is 5.89. The van der Waals surface area contributed by atoms with Gasteiger partial charge in [0.25, 0.3) is 0 Å². The molecule has 4 nitrogen and oxygen atoms in total. The molecule has 0 radical (unpaired) electrons. The summed E-state index contributed by atoms with van der Waals surface area (Å²) < 4.78 is 0. The van der Waals surface area contributed by atoms with E-state index >= 15 is 0 Å². The van der Waals surface area contributed by atoms with Gasteiger partial charge in [-0.2, -0.15) is 0 Å². The van der Waals surface area contributed by atoms with Gasteiger partial charge in [0.15, 0.2) is 0 Å². The van der Waals surface area contributed by atoms with Crippen molar-refractivity contribution in [1.82, 2.24) is 0 Å². The molecule has 92 valence electrons. The number of rotatable bonds is 3. The average molecular weight is 233 g/mol. The summed E-state index contributed by atoms with van der Waals surface area (Å²) in [7, 11) is 0. The van der Waals surface area contributed by atoms with Gasteiger partial charge in [-0.3, -0.25) is 4.79 Å².